The first-order valence-electron chi connectivity index (χ1n) is 7.65. The Morgan fingerprint density at radius 2 is 2.00 bits per heavy atom. The van der Waals surface area contributed by atoms with E-state index in [0.29, 0.717) is 5.92 Å². The van der Waals surface area contributed by atoms with Crippen LogP contribution in [0.2, 0.25) is 0 Å². The lowest BCUT2D eigenvalue weighted by Gasteiger charge is -2.23. The highest BCUT2D eigenvalue weighted by atomic mass is 16.3. The first kappa shape index (κ1) is 13.4. The van der Waals surface area contributed by atoms with Gasteiger partial charge >= 0.3 is 0 Å². The van der Waals surface area contributed by atoms with Gasteiger partial charge in [-0.05, 0) is 30.4 Å². The van der Waals surface area contributed by atoms with Crippen molar-refractivity contribution >= 4 is 17.0 Å². The zero-order valence-electron chi connectivity index (χ0n) is 12.2. The number of rotatable bonds is 3. The van der Waals surface area contributed by atoms with Crippen molar-refractivity contribution in [3.63, 3.8) is 0 Å². The molecule has 1 aliphatic carbocycles. The molecular formula is C18H23NO. The fraction of sp³-hybridized carbons (Fsp3) is 0.444. The Kier molecular flexibility index (Phi) is 3.93. The highest BCUT2D eigenvalue weighted by Crippen LogP contribution is 2.32. The monoisotopic (exact) mass is 269 g/mol. The molecule has 0 bridgehead atoms. The minimum Gasteiger partial charge on any atom is -0.392 e. The Hall–Kier alpha value is -1.54. The minimum absolute atomic E-state index is 0.188. The van der Waals surface area contributed by atoms with E-state index in [1.54, 1.807) is 0 Å². The Morgan fingerprint density at radius 3 is 2.75 bits per heavy atom. The van der Waals surface area contributed by atoms with Gasteiger partial charge in [0.05, 0.1) is 6.61 Å². The predicted octanol–water partition coefficient (Wildman–Crippen LogP) is 4.13. The number of nitrogens with zero attached hydrogens (tertiary/aromatic N) is 1. The van der Waals surface area contributed by atoms with Crippen LogP contribution in [0.15, 0.2) is 36.0 Å². The van der Waals surface area contributed by atoms with Gasteiger partial charge in [0.15, 0.2) is 0 Å². The molecule has 1 aliphatic rings. The molecule has 0 saturated heterocycles. The summed E-state index contributed by atoms with van der Waals surface area (Å²) in [6.45, 7) is 0.188. The van der Waals surface area contributed by atoms with Crippen LogP contribution in [0, 0.1) is 5.92 Å². The first-order chi connectivity index (χ1) is 9.79. The topological polar surface area (TPSA) is 25.2 Å². The van der Waals surface area contributed by atoms with Gasteiger partial charge in [-0.15, -0.1) is 0 Å². The highest BCUT2D eigenvalue weighted by molar-refractivity contribution is 5.89. The largest absolute Gasteiger partial charge is 0.392 e. The summed E-state index contributed by atoms with van der Waals surface area (Å²) in [5.41, 5.74) is 3.69. The van der Waals surface area contributed by atoms with E-state index in [4.69, 9.17) is 0 Å². The molecule has 1 aromatic carbocycles. The highest BCUT2D eigenvalue weighted by Gasteiger charge is 2.17. The van der Waals surface area contributed by atoms with E-state index in [0.717, 1.165) is 0 Å². The molecule has 1 N–H and O–H groups in total. The molecule has 0 atom stereocenters. The van der Waals surface area contributed by atoms with Crippen molar-refractivity contribution in [2.24, 2.45) is 13.0 Å². The summed E-state index contributed by atoms with van der Waals surface area (Å²) in [6.07, 6.45) is 10.8. The third-order valence-corrected chi connectivity index (χ3v) is 4.58. The van der Waals surface area contributed by atoms with Crippen LogP contribution < -0.4 is 0 Å². The van der Waals surface area contributed by atoms with Gasteiger partial charge in [-0.25, -0.2) is 0 Å². The van der Waals surface area contributed by atoms with Crippen LogP contribution in [0.4, 0.5) is 0 Å². The normalized spacial score (nSPS) is 17.8. The van der Waals surface area contributed by atoms with Crippen LogP contribution in [-0.4, -0.2) is 16.3 Å². The maximum atomic E-state index is 9.74. The van der Waals surface area contributed by atoms with Gasteiger partial charge in [-0.3, -0.25) is 0 Å². The van der Waals surface area contributed by atoms with Crippen molar-refractivity contribution in [2.45, 2.75) is 32.1 Å². The van der Waals surface area contributed by atoms with E-state index in [2.05, 4.69) is 48.2 Å². The summed E-state index contributed by atoms with van der Waals surface area (Å²) in [4.78, 5) is 0. The average molecular weight is 269 g/mol. The van der Waals surface area contributed by atoms with Crippen molar-refractivity contribution < 1.29 is 5.11 Å². The van der Waals surface area contributed by atoms with Crippen molar-refractivity contribution in [2.75, 3.05) is 6.61 Å². The molecule has 1 heterocycles. The van der Waals surface area contributed by atoms with Crippen molar-refractivity contribution in [3.05, 3.63) is 41.6 Å². The van der Waals surface area contributed by atoms with Crippen LogP contribution in [0.1, 0.15) is 37.7 Å². The molecule has 2 aromatic rings. The van der Waals surface area contributed by atoms with E-state index >= 15 is 0 Å². The summed E-state index contributed by atoms with van der Waals surface area (Å²) in [5, 5.41) is 11.0. The third kappa shape index (κ3) is 2.53. The summed E-state index contributed by atoms with van der Waals surface area (Å²) in [6, 6.07) is 8.46. The van der Waals surface area contributed by atoms with Crippen LogP contribution in [-0.2, 0) is 7.05 Å². The molecular weight excluding hydrogens is 246 g/mol. The molecule has 2 heteroatoms. The second kappa shape index (κ2) is 5.84. The standard InChI is InChI=1S/C18H23NO/c1-19-12-15(17-9-5-6-10-18(17)19)11-16(13-20)14-7-3-2-4-8-14/h5-6,9-12,14,20H,2-4,7-8,13H2,1H3/b16-11-. The Labute approximate surface area is 120 Å². The number of benzene rings is 1. The SMILES string of the molecule is Cn1cc(/C=C(/CO)C2CCCCC2)c2ccccc21. The van der Waals surface area contributed by atoms with Crippen LogP contribution in [0.3, 0.4) is 0 Å². The van der Waals surface area contributed by atoms with Gasteiger partial charge in [-0.1, -0.05) is 43.5 Å². The Bertz CT molecular complexity index is 617. The number of hydrogen-bond acceptors (Lipinski definition) is 1. The number of para-hydroxylation sites is 1. The summed E-state index contributed by atoms with van der Waals surface area (Å²) in [5.74, 6) is 0.577. The molecule has 1 fully saturated rings. The molecule has 3 rings (SSSR count). The van der Waals surface area contributed by atoms with Crippen LogP contribution in [0.5, 0.6) is 0 Å². The van der Waals surface area contributed by atoms with Crippen LogP contribution >= 0.6 is 0 Å². The first-order valence-corrected chi connectivity index (χ1v) is 7.65. The van der Waals surface area contributed by atoms with Gasteiger partial charge in [0.25, 0.3) is 0 Å². The summed E-state index contributed by atoms with van der Waals surface area (Å²) < 4.78 is 2.16. The van der Waals surface area contributed by atoms with E-state index in [1.807, 2.05) is 0 Å². The maximum Gasteiger partial charge on any atom is 0.0647 e. The number of aliphatic hydroxyl groups is 1. The predicted molar refractivity (Wildman–Crippen MR) is 84.6 cm³/mol. The lowest BCUT2D eigenvalue weighted by Crippen LogP contribution is -2.11. The summed E-state index contributed by atoms with van der Waals surface area (Å²) in [7, 11) is 2.08. The van der Waals surface area contributed by atoms with Crippen LogP contribution in [0.25, 0.3) is 17.0 Å². The van der Waals surface area contributed by atoms with E-state index in [1.165, 1.54) is 54.1 Å². The average Bonchev–Trinajstić information content (AvgIpc) is 2.82. The fourth-order valence-electron chi connectivity index (χ4n) is 3.45. The molecule has 0 spiro atoms. The maximum absolute atomic E-state index is 9.74. The van der Waals surface area contributed by atoms with Gasteiger partial charge in [0.1, 0.15) is 0 Å². The molecule has 1 saturated carbocycles. The van der Waals surface area contributed by atoms with E-state index in [9.17, 15) is 5.11 Å². The second-order valence-electron chi connectivity index (χ2n) is 5.92. The Balaban J connectivity index is 1.98. The number of aliphatic hydroxyl groups excluding tert-OH is 1. The van der Waals surface area contributed by atoms with Gasteiger partial charge < -0.3 is 9.67 Å². The van der Waals surface area contributed by atoms with E-state index < -0.39 is 0 Å². The van der Waals surface area contributed by atoms with Crippen molar-refractivity contribution in [3.8, 4) is 0 Å². The number of hydrogen-bond donors (Lipinski definition) is 1. The van der Waals surface area contributed by atoms with Crippen molar-refractivity contribution in [1.29, 1.82) is 0 Å². The Morgan fingerprint density at radius 1 is 1.25 bits per heavy atom. The molecule has 20 heavy (non-hydrogen) atoms. The lowest BCUT2D eigenvalue weighted by molar-refractivity contribution is 0.295. The molecule has 1 aromatic heterocycles. The van der Waals surface area contributed by atoms with Gasteiger partial charge in [-0.2, -0.15) is 0 Å². The molecule has 0 amide bonds. The molecule has 106 valence electrons. The minimum atomic E-state index is 0.188. The quantitative estimate of drug-likeness (QED) is 0.890. The zero-order chi connectivity index (χ0) is 13.9. The fourth-order valence-corrected chi connectivity index (χ4v) is 3.45. The molecule has 0 radical (unpaired) electrons. The second-order valence-corrected chi connectivity index (χ2v) is 5.92. The van der Waals surface area contributed by atoms with Crippen molar-refractivity contribution in [1.82, 2.24) is 4.57 Å². The van der Waals surface area contributed by atoms with E-state index in [-0.39, 0.29) is 6.61 Å². The molecule has 0 unspecified atom stereocenters. The lowest BCUT2D eigenvalue weighted by atomic mass is 9.83. The van der Waals surface area contributed by atoms with Gasteiger partial charge in [0.2, 0.25) is 0 Å². The molecule has 0 aliphatic heterocycles. The third-order valence-electron chi connectivity index (χ3n) is 4.58. The zero-order valence-corrected chi connectivity index (χ0v) is 12.2. The number of fused-ring (bicyclic) bond motifs is 1. The smallest absolute Gasteiger partial charge is 0.0647 e. The summed E-state index contributed by atoms with van der Waals surface area (Å²) >= 11 is 0. The van der Waals surface area contributed by atoms with Gasteiger partial charge in [0, 0.05) is 29.7 Å². The number of aryl methyl sites for hydroxylation is 1. The molecule has 2 nitrogen and oxygen atoms in total. The number of aromatic nitrogens is 1.